The van der Waals surface area contributed by atoms with Crippen LogP contribution in [-0.2, 0) is 0 Å². The molecule has 3 heteroatoms. The number of rotatable bonds is 4. The number of nitrogens with zero attached hydrogens (tertiary/aromatic N) is 1. The molecule has 0 fully saturated rings. The maximum atomic E-state index is 6.95. The Morgan fingerprint density at radius 1 is 0.558 bits per heavy atom. The van der Waals surface area contributed by atoms with Gasteiger partial charge in [0.15, 0.2) is 5.58 Å². The van der Waals surface area contributed by atoms with Crippen molar-refractivity contribution >= 4 is 109 Å². The van der Waals surface area contributed by atoms with Crippen LogP contribution >= 0.6 is 11.3 Å². The highest BCUT2D eigenvalue weighted by Gasteiger charge is 2.26. The van der Waals surface area contributed by atoms with Gasteiger partial charge in [-0.25, -0.2) is 0 Å². The molecule has 0 aliphatic rings. The number of aromatic nitrogens is 1. The summed E-state index contributed by atoms with van der Waals surface area (Å²) in [7, 11) is 0. The van der Waals surface area contributed by atoms with E-state index in [2.05, 4.69) is 170 Å². The highest BCUT2D eigenvalue weighted by Crippen LogP contribution is 2.50. The first-order valence-electron chi connectivity index (χ1n) is 17.8. The Bertz CT molecular complexity index is 3310. The van der Waals surface area contributed by atoms with Crippen LogP contribution in [0, 0.1) is 0 Å². The van der Waals surface area contributed by atoms with Crippen LogP contribution in [0.5, 0.6) is 0 Å². The van der Waals surface area contributed by atoms with Crippen molar-refractivity contribution in [1.29, 1.82) is 0 Å². The molecule has 0 bridgehead atoms. The first-order valence-corrected chi connectivity index (χ1v) is 18.6. The molecule has 8 aromatic carbocycles. The Labute approximate surface area is 303 Å². The third-order valence-electron chi connectivity index (χ3n) is 10.9. The van der Waals surface area contributed by atoms with Crippen LogP contribution in [0.1, 0.15) is 18.2 Å². The van der Waals surface area contributed by atoms with E-state index in [1.54, 1.807) is 0 Å². The summed E-state index contributed by atoms with van der Waals surface area (Å²) in [5.41, 5.74) is 7.65. The first-order chi connectivity index (χ1) is 25.7. The van der Waals surface area contributed by atoms with Gasteiger partial charge in [-0.2, -0.15) is 0 Å². The summed E-state index contributed by atoms with van der Waals surface area (Å²) >= 11 is 1.86. The van der Waals surface area contributed by atoms with Crippen molar-refractivity contribution in [2.24, 2.45) is 0 Å². The van der Waals surface area contributed by atoms with Gasteiger partial charge in [0, 0.05) is 58.4 Å². The third-order valence-corrected chi connectivity index (χ3v) is 12.0. The molecular weight excluding hydrogens is 651 g/mol. The predicted molar refractivity (Wildman–Crippen MR) is 226 cm³/mol. The van der Waals surface area contributed by atoms with Crippen molar-refractivity contribution in [1.82, 2.24) is 4.57 Å². The zero-order chi connectivity index (χ0) is 34.5. The molecule has 0 amide bonds. The van der Waals surface area contributed by atoms with E-state index in [4.69, 9.17) is 4.42 Å². The quantitative estimate of drug-likeness (QED) is 0.169. The van der Waals surface area contributed by atoms with Crippen LogP contribution in [0.15, 0.2) is 157 Å². The van der Waals surface area contributed by atoms with Crippen molar-refractivity contribution in [3.8, 4) is 16.8 Å². The lowest BCUT2D eigenvalue weighted by atomic mass is 9.88. The van der Waals surface area contributed by atoms with Gasteiger partial charge in [0.05, 0.1) is 11.0 Å². The third kappa shape index (κ3) is 3.94. The maximum Gasteiger partial charge on any atom is 0.160 e. The lowest BCUT2D eigenvalue weighted by molar-refractivity contribution is 0.605. The molecule has 3 aromatic heterocycles. The Kier molecular flexibility index (Phi) is 6.22. The van der Waals surface area contributed by atoms with Crippen molar-refractivity contribution in [2.75, 3.05) is 0 Å². The number of hydrogen-bond acceptors (Lipinski definition) is 2. The second-order valence-corrected chi connectivity index (χ2v) is 14.6. The highest BCUT2D eigenvalue weighted by atomic mass is 32.1. The minimum absolute atomic E-state index is 0.780. The molecular formula is C49H31NOS. The van der Waals surface area contributed by atoms with E-state index in [9.17, 15) is 0 Å². The van der Waals surface area contributed by atoms with Crippen LogP contribution in [0.3, 0.4) is 0 Å². The molecule has 3 heterocycles. The molecule has 0 N–H and O–H groups in total. The van der Waals surface area contributed by atoms with Gasteiger partial charge in [-0.15, -0.1) is 11.3 Å². The van der Waals surface area contributed by atoms with E-state index >= 15 is 0 Å². The number of allylic oxidation sites excluding steroid dienone is 1. The van der Waals surface area contributed by atoms with Gasteiger partial charge in [0.2, 0.25) is 0 Å². The van der Waals surface area contributed by atoms with Crippen LogP contribution in [0.2, 0.25) is 0 Å². The van der Waals surface area contributed by atoms with Crippen molar-refractivity contribution < 1.29 is 4.42 Å². The molecule has 0 atom stereocenters. The van der Waals surface area contributed by atoms with Gasteiger partial charge < -0.3 is 8.98 Å². The van der Waals surface area contributed by atoms with Gasteiger partial charge in [-0.1, -0.05) is 122 Å². The largest absolute Gasteiger partial charge is 0.454 e. The van der Waals surface area contributed by atoms with Gasteiger partial charge in [0.1, 0.15) is 5.76 Å². The fourth-order valence-corrected chi connectivity index (χ4v) is 9.79. The van der Waals surface area contributed by atoms with Crippen LogP contribution in [0.4, 0.5) is 0 Å². The number of furan rings is 1. The van der Waals surface area contributed by atoms with Crippen LogP contribution < -0.4 is 0 Å². The SMILES string of the molecule is C=Cc1oc2c(c1/C=C\C)c1c3ccccc3c3ccccc3c1c1c3ccccc3n(-c3ccc(-c4ccc5sc6ccccc6c5c4)cc3)c21. The Morgan fingerprint density at radius 3 is 1.87 bits per heavy atom. The Hall–Kier alpha value is -6.42. The number of hydrogen-bond donors (Lipinski definition) is 0. The lowest BCUT2D eigenvalue weighted by Gasteiger charge is -2.14. The fraction of sp³-hybridized carbons (Fsp3) is 0.0204. The predicted octanol–water partition coefficient (Wildman–Crippen LogP) is 14.7. The molecule has 0 saturated carbocycles. The molecule has 2 nitrogen and oxygen atoms in total. The number of benzene rings is 8. The van der Waals surface area contributed by atoms with Gasteiger partial charge >= 0.3 is 0 Å². The Balaban J connectivity index is 1.27. The molecule has 0 spiro atoms. The van der Waals surface area contributed by atoms with E-state index in [1.807, 2.05) is 17.4 Å². The summed E-state index contributed by atoms with van der Waals surface area (Å²) in [6.07, 6.45) is 6.13. The van der Waals surface area contributed by atoms with E-state index in [1.165, 1.54) is 74.4 Å². The zero-order valence-electron chi connectivity index (χ0n) is 28.5. The molecule has 0 aliphatic carbocycles. The number of para-hydroxylation sites is 1. The molecule has 244 valence electrons. The summed E-state index contributed by atoms with van der Waals surface area (Å²) in [4.78, 5) is 0. The minimum atomic E-state index is 0.780. The normalized spacial score (nSPS) is 12.3. The smallest absolute Gasteiger partial charge is 0.160 e. The van der Waals surface area contributed by atoms with Gasteiger partial charge in [-0.05, 0) is 82.1 Å². The standard InChI is InChI=1S/C49H31NOS/c1-3-13-38-41(4-2)51-49-47(38)45-36-18-8-6-15-33(36)32-14-5-7-17-35(32)44(45)46-37-19-9-11-20-40(37)50(48(46)49)31-25-22-29(23-26-31)30-24-27-43-39(28-30)34-16-10-12-21-42(34)52-43/h3-28H,2H2,1H3/b13-3-. The second-order valence-electron chi connectivity index (χ2n) is 13.6. The fourth-order valence-electron chi connectivity index (χ4n) is 8.71. The summed E-state index contributed by atoms with van der Waals surface area (Å²) in [5, 5.41) is 13.6. The van der Waals surface area contributed by atoms with E-state index in [-0.39, 0.29) is 0 Å². The molecule has 0 saturated heterocycles. The lowest BCUT2D eigenvalue weighted by Crippen LogP contribution is -1.95. The van der Waals surface area contributed by atoms with E-state index in [0.29, 0.717) is 0 Å². The number of fused-ring (bicyclic) bond motifs is 16. The van der Waals surface area contributed by atoms with Crippen molar-refractivity contribution in [3.05, 3.63) is 164 Å². The van der Waals surface area contributed by atoms with E-state index in [0.717, 1.165) is 39.0 Å². The highest BCUT2D eigenvalue weighted by molar-refractivity contribution is 7.25. The van der Waals surface area contributed by atoms with Crippen molar-refractivity contribution in [2.45, 2.75) is 6.92 Å². The summed E-state index contributed by atoms with van der Waals surface area (Å²) in [6, 6.07) is 51.1. The molecule has 52 heavy (non-hydrogen) atoms. The minimum Gasteiger partial charge on any atom is -0.454 e. The zero-order valence-corrected chi connectivity index (χ0v) is 29.3. The van der Waals surface area contributed by atoms with Gasteiger partial charge in [-0.3, -0.25) is 0 Å². The molecule has 0 radical (unpaired) electrons. The first kappa shape index (κ1) is 29.3. The van der Waals surface area contributed by atoms with Gasteiger partial charge in [0.25, 0.3) is 0 Å². The molecule has 0 aliphatic heterocycles. The van der Waals surface area contributed by atoms with Crippen LogP contribution in [-0.4, -0.2) is 4.57 Å². The summed E-state index contributed by atoms with van der Waals surface area (Å²) in [6.45, 7) is 6.27. The summed E-state index contributed by atoms with van der Waals surface area (Å²) < 4.78 is 12.0. The van der Waals surface area contributed by atoms with Crippen molar-refractivity contribution in [3.63, 3.8) is 0 Å². The maximum absolute atomic E-state index is 6.95. The molecule has 0 unspecified atom stereocenters. The number of thiophene rings is 1. The average Bonchev–Trinajstić information content (AvgIpc) is 3.87. The molecule has 11 rings (SSSR count). The van der Waals surface area contributed by atoms with Crippen LogP contribution in [0.25, 0.3) is 114 Å². The van der Waals surface area contributed by atoms with E-state index < -0.39 is 0 Å². The average molecular weight is 682 g/mol. The Morgan fingerprint density at radius 2 is 1.15 bits per heavy atom. The molecule has 11 aromatic rings. The summed E-state index contributed by atoms with van der Waals surface area (Å²) in [5.74, 6) is 0.780. The second kappa shape index (κ2) is 11.0. The monoisotopic (exact) mass is 681 g/mol. The topological polar surface area (TPSA) is 18.1 Å².